The van der Waals surface area contributed by atoms with E-state index in [4.69, 9.17) is 0 Å². The monoisotopic (exact) mass is 324 g/mol. The summed E-state index contributed by atoms with van der Waals surface area (Å²) in [6.07, 6.45) is 1.76. The van der Waals surface area contributed by atoms with Gasteiger partial charge in [0.05, 0.1) is 22.4 Å². The number of rotatable bonds is 2. The minimum Gasteiger partial charge on any atom is -0.378 e. The van der Waals surface area contributed by atoms with E-state index in [2.05, 4.69) is 10.3 Å². The summed E-state index contributed by atoms with van der Waals surface area (Å²) in [4.78, 5) is 22.9. The predicted molar refractivity (Wildman–Crippen MR) is 96.3 cm³/mol. The maximum Gasteiger partial charge on any atom is 0.331 e. The molecule has 0 fully saturated rings. The third-order valence-corrected chi connectivity index (χ3v) is 5.06. The number of thiophene rings is 1. The summed E-state index contributed by atoms with van der Waals surface area (Å²) in [5, 5.41) is 4.03. The summed E-state index contributed by atoms with van der Waals surface area (Å²) in [6, 6.07) is 9.71. The number of nitrogens with one attached hydrogen (secondary N) is 1. The first-order valence-electron chi connectivity index (χ1n) is 7.33. The van der Waals surface area contributed by atoms with Crippen molar-refractivity contribution in [2.24, 2.45) is 0 Å². The van der Waals surface area contributed by atoms with Gasteiger partial charge in [0.2, 0.25) is 0 Å². The topological polar surface area (TPSA) is 48.5 Å². The Morgan fingerprint density at radius 2 is 1.91 bits per heavy atom. The fourth-order valence-corrected chi connectivity index (χ4v) is 3.85. The molecule has 1 aliphatic rings. The average molecular weight is 324 g/mol. The van der Waals surface area contributed by atoms with Crippen LogP contribution >= 0.6 is 11.3 Å². The second kappa shape index (κ2) is 4.96. The van der Waals surface area contributed by atoms with E-state index in [0.29, 0.717) is 0 Å². The highest BCUT2D eigenvalue weighted by atomic mass is 32.1. The van der Waals surface area contributed by atoms with Crippen molar-refractivity contribution in [3.63, 3.8) is 0 Å². The third kappa shape index (κ3) is 2.06. The first-order chi connectivity index (χ1) is 11.1. The standard InChI is InChI=1S/C17H16N4OS/c1-10-15-14-13(8-9-18-16(14)23-10)21(17(22)19-15)12-6-4-11(5-7-12)20(2)3/h4-9H,1-3H3,(H,19,22). The van der Waals surface area contributed by atoms with Crippen molar-refractivity contribution in [3.8, 4) is 0 Å². The Morgan fingerprint density at radius 1 is 1.17 bits per heavy atom. The molecule has 4 rings (SSSR count). The molecular formula is C17H16N4OS. The van der Waals surface area contributed by atoms with Gasteiger partial charge in [-0.05, 0) is 37.3 Å². The average Bonchev–Trinajstić information content (AvgIpc) is 2.85. The molecule has 3 aromatic rings. The molecule has 5 nitrogen and oxygen atoms in total. The second-order valence-corrected chi connectivity index (χ2v) is 6.92. The number of aromatic nitrogens is 1. The highest BCUT2D eigenvalue weighted by Crippen LogP contribution is 2.45. The number of pyridine rings is 1. The van der Waals surface area contributed by atoms with Gasteiger partial charge in [-0.15, -0.1) is 11.3 Å². The lowest BCUT2D eigenvalue weighted by molar-refractivity contribution is 0.259. The Balaban J connectivity index is 1.89. The molecule has 0 bridgehead atoms. The highest BCUT2D eigenvalue weighted by molar-refractivity contribution is 7.19. The minimum atomic E-state index is -0.135. The molecule has 0 unspecified atom stereocenters. The van der Waals surface area contributed by atoms with E-state index in [0.717, 1.165) is 37.8 Å². The van der Waals surface area contributed by atoms with Crippen LogP contribution in [0.4, 0.5) is 27.5 Å². The van der Waals surface area contributed by atoms with Gasteiger partial charge in [0, 0.05) is 30.9 Å². The fraction of sp³-hybridized carbons (Fsp3) is 0.176. The Hall–Kier alpha value is -2.60. The van der Waals surface area contributed by atoms with Crippen LogP contribution in [0.25, 0.3) is 10.2 Å². The summed E-state index contributed by atoms with van der Waals surface area (Å²) in [6.45, 7) is 2.01. The van der Waals surface area contributed by atoms with Crippen molar-refractivity contribution in [2.45, 2.75) is 6.92 Å². The van der Waals surface area contributed by atoms with Crippen molar-refractivity contribution < 1.29 is 4.79 Å². The molecular weight excluding hydrogens is 308 g/mol. The first kappa shape index (κ1) is 14.0. The van der Waals surface area contributed by atoms with Gasteiger partial charge in [-0.2, -0.15) is 0 Å². The number of nitrogens with zero attached hydrogens (tertiary/aromatic N) is 3. The molecule has 0 spiro atoms. The lowest BCUT2D eigenvalue weighted by Gasteiger charge is -2.28. The van der Waals surface area contributed by atoms with Gasteiger partial charge in [-0.1, -0.05) is 0 Å². The third-order valence-electron chi connectivity index (χ3n) is 4.05. The lowest BCUT2D eigenvalue weighted by atomic mass is 10.1. The number of carbonyl (C=O) groups excluding carboxylic acids is 1. The normalized spacial score (nSPS) is 13.3. The Kier molecular flexibility index (Phi) is 3.02. The highest BCUT2D eigenvalue weighted by Gasteiger charge is 2.29. The molecule has 0 atom stereocenters. The maximum atomic E-state index is 12.7. The number of anilines is 4. The van der Waals surface area contributed by atoms with Gasteiger partial charge in [-0.3, -0.25) is 4.90 Å². The molecule has 23 heavy (non-hydrogen) atoms. The zero-order valence-corrected chi connectivity index (χ0v) is 13.9. The molecule has 0 saturated heterocycles. The molecule has 0 saturated carbocycles. The number of hydrogen-bond acceptors (Lipinski definition) is 4. The van der Waals surface area contributed by atoms with Crippen LogP contribution in [-0.4, -0.2) is 25.1 Å². The SMILES string of the molecule is Cc1sc2nccc3c2c1NC(=O)N3c1ccc(N(C)C)cc1. The minimum absolute atomic E-state index is 0.135. The summed E-state index contributed by atoms with van der Waals surface area (Å²) in [5.74, 6) is 0. The molecule has 116 valence electrons. The van der Waals surface area contributed by atoms with Crippen LogP contribution in [0.15, 0.2) is 36.5 Å². The van der Waals surface area contributed by atoms with Crippen molar-refractivity contribution >= 4 is 50.3 Å². The van der Waals surface area contributed by atoms with E-state index in [-0.39, 0.29) is 6.03 Å². The van der Waals surface area contributed by atoms with Crippen LogP contribution < -0.4 is 15.1 Å². The number of benzene rings is 1. The quantitative estimate of drug-likeness (QED) is 0.762. The van der Waals surface area contributed by atoms with Crippen LogP contribution in [0.5, 0.6) is 0 Å². The van der Waals surface area contributed by atoms with E-state index in [1.54, 1.807) is 22.4 Å². The molecule has 1 aromatic carbocycles. The number of hydrogen-bond donors (Lipinski definition) is 1. The van der Waals surface area contributed by atoms with Crippen LogP contribution in [0.1, 0.15) is 4.88 Å². The van der Waals surface area contributed by atoms with Crippen molar-refractivity contribution in [1.82, 2.24) is 4.98 Å². The zero-order valence-electron chi connectivity index (χ0n) is 13.1. The van der Waals surface area contributed by atoms with Gasteiger partial charge >= 0.3 is 6.03 Å². The second-order valence-electron chi connectivity index (χ2n) is 5.72. The summed E-state index contributed by atoms with van der Waals surface area (Å²) < 4.78 is 0. The molecule has 1 aliphatic heterocycles. The van der Waals surface area contributed by atoms with E-state index in [1.165, 1.54) is 0 Å². The fourth-order valence-electron chi connectivity index (χ4n) is 2.88. The Morgan fingerprint density at radius 3 is 2.61 bits per heavy atom. The van der Waals surface area contributed by atoms with Crippen molar-refractivity contribution in [1.29, 1.82) is 0 Å². The molecule has 6 heteroatoms. The zero-order chi connectivity index (χ0) is 16.1. The van der Waals surface area contributed by atoms with E-state index >= 15 is 0 Å². The van der Waals surface area contributed by atoms with Gasteiger partial charge in [-0.25, -0.2) is 9.78 Å². The smallest absolute Gasteiger partial charge is 0.331 e. The molecule has 0 radical (unpaired) electrons. The van der Waals surface area contributed by atoms with Gasteiger partial charge < -0.3 is 10.2 Å². The van der Waals surface area contributed by atoms with Gasteiger partial charge in [0.25, 0.3) is 0 Å². The first-order valence-corrected chi connectivity index (χ1v) is 8.14. The molecule has 2 aromatic heterocycles. The lowest BCUT2D eigenvalue weighted by Crippen LogP contribution is -2.33. The number of carbonyl (C=O) groups is 1. The van der Waals surface area contributed by atoms with E-state index < -0.39 is 0 Å². The Bertz CT molecular complexity index is 914. The van der Waals surface area contributed by atoms with Crippen LogP contribution in [0, 0.1) is 6.92 Å². The molecule has 1 N–H and O–H groups in total. The number of urea groups is 1. The molecule has 0 aliphatic carbocycles. The Labute approximate surface area is 138 Å². The van der Waals surface area contributed by atoms with Crippen molar-refractivity contribution in [3.05, 3.63) is 41.4 Å². The summed E-state index contributed by atoms with van der Waals surface area (Å²) in [7, 11) is 3.99. The molecule has 2 amide bonds. The van der Waals surface area contributed by atoms with Crippen LogP contribution in [0.2, 0.25) is 0 Å². The van der Waals surface area contributed by atoms with Crippen molar-refractivity contribution in [2.75, 3.05) is 29.2 Å². The van der Waals surface area contributed by atoms with E-state index in [9.17, 15) is 4.79 Å². The number of aryl methyl sites for hydroxylation is 1. The summed E-state index contributed by atoms with van der Waals surface area (Å²) >= 11 is 1.60. The number of amides is 2. The van der Waals surface area contributed by atoms with Crippen LogP contribution in [0.3, 0.4) is 0 Å². The van der Waals surface area contributed by atoms with Gasteiger partial charge in [0.1, 0.15) is 4.83 Å². The molecule has 3 heterocycles. The largest absolute Gasteiger partial charge is 0.378 e. The maximum absolute atomic E-state index is 12.7. The van der Waals surface area contributed by atoms with Gasteiger partial charge in [0.15, 0.2) is 0 Å². The predicted octanol–water partition coefficient (Wildman–Crippen LogP) is 4.35. The summed E-state index contributed by atoms with van der Waals surface area (Å²) in [5.41, 5.74) is 3.71. The van der Waals surface area contributed by atoms with Crippen LogP contribution in [-0.2, 0) is 0 Å². The van der Waals surface area contributed by atoms with E-state index in [1.807, 2.05) is 56.3 Å².